The number of phenolic OH excluding ortho intramolecular Hbond substituents is 2. The number of hydrogen-bond donors (Lipinski definition) is 6. The molecule has 1 amide bonds. The molecule has 4 heterocycles. The molecule has 2 aromatic rings. The second-order valence-corrected chi connectivity index (χ2v) is 16.8. The van der Waals surface area contributed by atoms with Crippen LogP contribution in [0.2, 0.25) is 0 Å². The van der Waals surface area contributed by atoms with E-state index in [0.717, 1.165) is 0 Å². The van der Waals surface area contributed by atoms with Gasteiger partial charge in [-0.05, 0) is 19.9 Å². The fourth-order valence-electron chi connectivity index (χ4n) is 8.54. The van der Waals surface area contributed by atoms with E-state index in [1.165, 1.54) is 53.2 Å². The molecule has 17 heteroatoms. The van der Waals surface area contributed by atoms with Crippen molar-refractivity contribution in [1.82, 2.24) is 10.3 Å². The molecule has 0 aromatic heterocycles. The van der Waals surface area contributed by atoms with Gasteiger partial charge in [-0.3, -0.25) is 19.2 Å². The third-order valence-electron chi connectivity index (χ3n) is 12.5. The molecule has 0 radical (unpaired) electrons. The number of piperazine rings is 1. The first-order valence-corrected chi connectivity index (χ1v) is 21.0. The Bertz CT molecular complexity index is 2590. The van der Waals surface area contributed by atoms with Crippen molar-refractivity contribution in [1.29, 1.82) is 0 Å². The summed E-state index contributed by atoms with van der Waals surface area (Å²) in [6, 6.07) is 3.21. The second-order valence-electron chi connectivity index (χ2n) is 16.8. The highest BCUT2D eigenvalue weighted by Gasteiger charge is 2.50. The first-order valence-electron chi connectivity index (χ1n) is 21.0. The lowest BCUT2D eigenvalue weighted by Gasteiger charge is -2.35. The predicted octanol–water partition coefficient (Wildman–Crippen LogP) is 4.82. The molecule has 8 atom stereocenters. The number of aromatic hydroxyl groups is 2. The third-order valence-corrected chi connectivity index (χ3v) is 12.5. The molecule has 6 N–H and O–H groups in total. The van der Waals surface area contributed by atoms with Crippen LogP contribution in [-0.2, 0) is 23.8 Å². The number of carbonyl (C=O) groups excluding carboxylic acids is 3. The first-order chi connectivity index (χ1) is 29.9. The summed E-state index contributed by atoms with van der Waals surface area (Å²) in [5.74, 6) is -7.16. The zero-order valence-electron chi connectivity index (χ0n) is 36.5. The van der Waals surface area contributed by atoms with E-state index in [9.17, 15) is 39.6 Å². The fourth-order valence-corrected chi connectivity index (χ4v) is 8.54. The van der Waals surface area contributed by atoms with Gasteiger partial charge in [0.25, 0.3) is 11.7 Å². The normalized spacial score (nSPS) is 29.3. The van der Waals surface area contributed by atoms with Crippen LogP contribution in [-0.4, -0.2) is 107 Å². The summed E-state index contributed by atoms with van der Waals surface area (Å²) in [6.45, 7) is 13.4. The van der Waals surface area contributed by atoms with E-state index in [1.807, 2.05) is 4.90 Å². The van der Waals surface area contributed by atoms with Gasteiger partial charge in [-0.2, -0.15) is 0 Å². The van der Waals surface area contributed by atoms with Crippen LogP contribution in [0.4, 0.5) is 11.4 Å². The van der Waals surface area contributed by atoms with Crippen molar-refractivity contribution < 1.29 is 58.2 Å². The largest absolute Gasteiger partial charge is 0.507 e. The molecule has 1 saturated heterocycles. The van der Waals surface area contributed by atoms with Crippen LogP contribution in [0.3, 0.4) is 0 Å². The Morgan fingerprint density at radius 1 is 1.00 bits per heavy atom. The number of aromatic nitrogens is 1. The van der Waals surface area contributed by atoms with Gasteiger partial charge in [0.1, 0.15) is 40.3 Å². The van der Waals surface area contributed by atoms with Crippen molar-refractivity contribution in [2.75, 3.05) is 43.5 Å². The smallest absolute Gasteiger partial charge is 0.312 e. The number of ether oxygens (including phenoxy) is 4. The number of amides is 1. The maximum absolute atomic E-state index is 14.7. The van der Waals surface area contributed by atoms with Crippen molar-refractivity contribution >= 4 is 50.9 Å². The summed E-state index contributed by atoms with van der Waals surface area (Å²) in [5.41, 5.74) is -0.695. The summed E-state index contributed by atoms with van der Waals surface area (Å²) in [6.07, 6.45) is 3.57. The Labute approximate surface area is 363 Å². The van der Waals surface area contributed by atoms with Gasteiger partial charge in [0.15, 0.2) is 11.3 Å². The number of rotatable bonds is 3. The molecule has 7 rings (SSSR count). The number of esters is 1. The zero-order chi connectivity index (χ0) is 45.7. The van der Waals surface area contributed by atoms with Crippen LogP contribution in [0, 0.1) is 24.7 Å². The number of ketones is 1. The van der Waals surface area contributed by atoms with Crippen molar-refractivity contribution in [3.8, 4) is 28.7 Å². The summed E-state index contributed by atoms with van der Waals surface area (Å²) in [4.78, 5) is 62.4. The molecular formula is C46H54N4O13. The number of anilines is 2. The van der Waals surface area contributed by atoms with Crippen LogP contribution < -0.4 is 25.7 Å². The average molecular weight is 871 g/mol. The zero-order valence-corrected chi connectivity index (χ0v) is 36.5. The van der Waals surface area contributed by atoms with Crippen LogP contribution in [0.1, 0.15) is 63.9 Å². The molecule has 0 spiro atoms. The third kappa shape index (κ3) is 8.33. The number of benzene rings is 3. The lowest BCUT2D eigenvalue weighted by Crippen LogP contribution is -2.43. The molecule has 17 nitrogen and oxygen atoms in total. The maximum atomic E-state index is 14.7. The van der Waals surface area contributed by atoms with Crippen molar-refractivity contribution in [3.05, 3.63) is 69.6 Å². The van der Waals surface area contributed by atoms with Crippen molar-refractivity contribution in [2.45, 2.75) is 85.1 Å². The average Bonchev–Trinajstić information content (AvgIpc) is 3.52. The molecule has 1 fully saturated rings. The highest BCUT2D eigenvalue weighted by Crippen LogP contribution is 2.51. The fraction of sp³-hybridized carbons (Fsp3) is 0.457. The van der Waals surface area contributed by atoms with Crippen LogP contribution in [0.15, 0.2) is 57.5 Å². The first kappa shape index (κ1) is 45.0. The van der Waals surface area contributed by atoms with E-state index in [2.05, 4.69) is 10.6 Å². The molecule has 0 saturated carbocycles. The Kier molecular flexibility index (Phi) is 12.6. The molecule has 2 aromatic carbocycles. The van der Waals surface area contributed by atoms with E-state index in [0.29, 0.717) is 31.9 Å². The van der Waals surface area contributed by atoms with Crippen LogP contribution >= 0.6 is 0 Å². The number of aliphatic hydroxyl groups is 2. The summed E-state index contributed by atoms with van der Waals surface area (Å²) in [7, 11) is 1.42. The topological polar surface area (TPSA) is 239 Å². The van der Waals surface area contributed by atoms with E-state index < -0.39 is 76.8 Å². The van der Waals surface area contributed by atoms with Gasteiger partial charge in [0, 0.05) is 106 Å². The number of allylic oxidation sites excluding steroid dienone is 2. The lowest BCUT2D eigenvalue weighted by molar-refractivity contribution is -0.155. The summed E-state index contributed by atoms with van der Waals surface area (Å²) >= 11 is 0. The van der Waals surface area contributed by atoms with Gasteiger partial charge >= 0.3 is 11.8 Å². The van der Waals surface area contributed by atoms with Crippen molar-refractivity contribution in [2.24, 2.45) is 17.8 Å². The minimum atomic E-state index is -2.07. The van der Waals surface area contributed by atoms with Gasteiger partial charge in [-0.15, -0.1) is 0 Å². The van der Waals surface area contributed by atoms with Gasteiger partial charge in [0.2, 0.25) is 5.43 Å². The number of hydrogen-bond acceptors (Lipinski definition) is 16. The molecule has 5 aliphatic rings. The number of fused-ring (bicyclic) bond motifs is 2. The highest BCUT2D eigenvalue weighted by atomic mass is 16.7. The Balaban J connectivity index is 1.44. The molecule has 4 aliphatic heterocycles. The number of Topliss-reactive ketones (excluding diaryl/α,β-unsaturated/α-hetero) is 1. The minimum absolute atomic E-state index is 0.0137. The number of carbonyl (C=O) groups is 3. The van der Waals surface area contributed by atoms with Gasteiger partial charge in [0.05, 0.1) is 35.5 Å². The van der Waals surface area contributed by atoms with E-state index in [4.69, 9.17) is 28.3 Å². The summed E-state index contributed by atoms with van der Waals surface area (Å²) < 4.78 is 30.0. The molecular weight excluding hydrogens is 817 g/mol. The minimum Gasteiger partial charge on any atom is -0.507 e. The van der Waals surface area contributed by atoms with Crippen molar-refractivity contribution in [3.63, 3.8) is 0 Å². The molecule has 0 unspecified atom stereocenters. The Morgan fingerprint density at radius 2 is 1.71 bits per heavy atom. The summed E-state index contributed by atoms with van der Waals surface area (Å²) in [5, 5.41) is 51.4. The molecule has 336 valence electrons. The number of aliphatic hydroxyl groups excluding tert-OH is 2. The van der Waals surface area contributed by atoms with Crippen LogP contribution in [0.25, 0.3) is 33.3 Å². The van der Waals surface area contributed by atoms with E-state index in [-0.39, 0.29) is 73.6 Å². The van der Waals surface area contributed by atoms with Gasteiger partial charge in [-0.25, -0.2) is 4.98 Å². The monoisotopic (exact) mass is 870 g/mol. The number of phenols is 2. The molecule has 63 heavy (non-hydrogen) atoms. The second kappa shape index (κ2) is 17.6. The number of nitrogens with one attached hydrogen (secondary N) is 2. The number of methoxy groups -OCH3 is 1. The lowest BCUT2D eigenvalue weighted by atomic mass is 9.81. The van der Waals surface area contributed by atoms with Crippen LogP contribution in [0.5, 0.6) is 17.2 Å². The highest BCUT2D eigenvalue weighted by molar-refractivity contribution is 6.22. The SMILES string of the molecule is CO[C@H]1/C=C/O[C@@]2(C)Oc3c(C)c(O)c4c(=O)c(c5oc6cc(N7CCNCC7)cc(O)c6nc-5c4c3C2=O)NC(=O)/C(C)=C\C=C\[C@H](C)[C@H](O)[C@@H](C)[C@@H](O)[C@@H](C)[C@H](OC(C)=O)C1. The quantitative estimate of drug-likeness (QED) is 0.0919. The standard InChI is InChI=1S/C46H54N4O13/c1-21-10-9-11-22(2)45(58)49-37-41(56)33-32(36-43(37)62-31-19-27(18-29(52)35(31)48-36)50-15-13-47-14-16-50)34-42(25(5)40(33)55)63-46(7,44(34)57)60-17-12-28(59-8)20-30(61-26(6)51)23(3)39(54)24(4)38(21)53/h9-12,17-19,21,23-24,28,30,38-39,47,52-55H,13-16,20H2,1-8H3,(H,49,58)/b10-9+,17-12+,22-11-/t21-,23-,24+,28-,30+,38-,39-,46-/m0/s1. The van der Waals surface area contributed by atoms with E-state index in [1.54, 1.807) is 45.1 Å². The molecule has 4 bridgehead atoms. The Morgan fingerprint density at radius 3 is 2.40 bits per heavy atom. The predicted molar refractivity (Wildman–Crippen MR) is 233 cm³/mol. The number of nitrogens with zero attached hydrogens (tertiary/aromatic N) is 2. The van der Waals surface area contributed by atoms with E-state index >= 15 is 0 Å². The Hall–Kier alpha value is -6.01. The maximum Gasteiger partial charge on any atom is 0.312 e. The molecule has 1 aliphatic carbocycles. The van der Waals surface area contributed by atoms with Gasteiger partial charge < -0.3 is 59.3 Å². The van der Waals surface area contributed by atoms with Gasteiger partial charge in [-0.1, -0.05) is 39.0 Å².